The summed E-state index contributed by atoms with van der Waals surface area (Å²) in [5.74, 6) is -0.815. The van der Waals surface area contributed by atoms with Crippen molar-refractivity contribution in [3.63, 3.8) is 0 Å². The van der Waals surface area contributed by atoms with Gasteiger partial charge in [-0.25, -0.2) is 13.8 Å². The van der Waals surface area contributed by atoms with Crippen LogP contribution in [0.1, 0.15) is 40.5 Å². The van der Waals surface area contributed by atoms with Gasteiger partial charge < -0.3 is 19.6 Å². The van der Waals surface area contributed by atoms with E-state index in [2.05, 4.69) is 4.90 Å². The number of hydrogen-bond acceptors (Lipinski definition) is 5. The van der Waals surface area contributed by atoms with Crippen molar-refractivity contribution in [2.75, 3.05) is 31.6 Å². The fraction of sp³-hybridized carbons (Fsp3) is 0.429. The number of piperidine rings is 1. The number of carbonyl (C=O) groups excluding carboxylic acids is 1. The van der Waals surface area contributed by atoms with Crippen molar-refractivity contribution < 1.29 is 23.4 Å². The first-order valence-electron chi connectivity index (χ1n) is 9.65. The average molecular weight is 403 g/mol. The molecule has 1 saturated heterocycles. The van der Waals surface area contributed by atoms with E-state index in [4.69, 9.17) is 9.72 Å². The number of benzene rings is 1. The molecule has 0 spiro atoms. The van der Waals surface area contributed by atoms with Crippen molar-refractivity contribution in [2.45, 2.75) is 31.9 Å². The van der Waals surface area contributed by atoms with Gasteiger partial charge in [0.25, 0.3) is 5.91 Å². The largest absolute Gasteiger partial charge is 0.490 e. The van der Waals surface area contributed by atoms with Crippen molar-refractivity contribution in [1.29, 1.82) is 0 Å². The summed E-state index contributed by atoms with van der Waals surface area (Å²) in [5, 5.41) is 9.67. The number of rotatable bonds is 4. The summed E-state index contributed by atoms with van der Waals surface area (Å²) in [7, 11) is 1.67. The Hall–Kier alpha value is -2.74. The molecule has 0 aliphatic carbocycles. The van der Waals surface area contributed by atoms with Crippen LogP contribution >= 0.6 is 0 Å². The number of aliphatic hydroxyl groups excluding tert-OH is 1. The molecule has 1 atom stereocenters. The molecule has 4 rings (SSSR count). The van der Waals surface area contributed by atoms with Gasteiger partial charge in [0, 0.05) is 39.0 Å². The van der Waals surface area contributed by atoms with Crippen molar-refractivity contribution in [3.05, 3.63) is 52.7 Å². The zero-order valence-corrected chi connectivity index (χ0v) is 16.4. The third-order valence-corrected chi connectivity index (χ3v) is 5.66. The molecule has 154 valence electrons. The number of aryl methyl sites for hydroxylation is 1. The minimum Gasteiger partial charge on any atom is -0.490 e. The van der Waals surface area contributed by atoms with Crippen LogP contribution in [0, 0.1) is 18.6 Å². The van der Waals surface area contributed by atoms with Gasteiger partial charge in [0.15, 0.2) is 11.6 Å². The van der Waals surface area contributed by atoms with Crippen LogP contribution in [-0.4, -0.2) is 53.7 Å². The summed E-state index contributed by atoms with van der Waals surface area (Å²) in [6, 6.07) is 4.98. The standard InChI is InChI=1S/C21H23F2N3O3/c1-12-9-15-19(18(11-27)25(2)21(15)28)24-20(12)26-7-5-13(6-8-26)29-14-3-4-16(22)17(23)10-14/h3-4,9-10,13,18,27H,5-8,11H2,1-2H3/t18-/m0/s1. The van der Waals surface area contributed by atoms with Gasteiger partial charge in [0.05, 0.1) is 23.9 Å². The summed E-state index contributed by atoms with van der Waals surface area (Å²) >= 11 is 0. The molecule has 1 fully saturated rings. The van der Waals surface area contributed by atoms with E-state index in [-0.39, 0.29) is 18.6 Å². The Bertz CT molecular complexity index is 945. The zero-order chi connectivity index (χ0) is 20.7. The first-order valence-corrected chi connectivity index (χ1v) is 9.65. The number of amides is 1. The quantitative estimate of drug-likeness (QED) is 0.851. The molecular formula is C21H23F2N3O3. The lowest BCUT2D eigenvalue weighted by Crippen LogP contribution is -2.39. The number of halogens is 2. The third kappa shape index (κ3) is 3.53. The lowest BCUT2D eigenvalue weighted by molar-refractivity contribution is 0.0715. The number of ether oxygens (including phenoxy) is 1. The fourth-order valence-electron chi connectivity index (χ4n) is 4.01. The van der Waals surface area contributed by atoms with Gasteiger partial charge in [-0.15, -0.1) is 0 Å². The molecule has 0 bridgehead atoms. The third-order valence-electron chi connectivity index (χ3n) is 5.66. The molecule has 0 saturated carbocycles. The van der Waals surface area contributed by atoms with Crippen LogP contribution in [0.3, 0.4) is 0 Å². The van der Waals surface area contributed by atoms with E-state index < -0.39 is 17.7 Å². The molecule has 3 heterocycles. The molecule has 1 amide bonds. The second-order valence-corrected chi connectivity index (χ2v) is 7.56. The van der Waals surface area contributed by atoms with Crippen LogP contribution < -0.4 is 9.64 Å². The van der Waals surface area contributed by atoms with Crippen molar-refractivity contribution in [3.8, 4) is 5.75 Å². The molecule has 2 aliphatic rings. The average Bonchev–Trinajstić information content (AvgIpc) is 2.94. The zero-order valence-electron chi connectivity index (χ0n) is 16.4. The molecule has 0 radical (unpaired) electrons. The minimum absolute atomic E-state index is 0.0938. The Kier molecular flexibility index (Phi) is 5.12. The van der Waals surface area contributed by atoms with E-state index in [1.807, 2.05) is 13.0 Å². The summed E-state index contributed by atoms with van der Waals surface area (Å²) in [4.78, 5) is 20.7. The Labute approximate surface area is 167 Å². The van der Waals surface area contributed by atoms with E-state index in [0.29, 0.717) is 42.9 Å². The second-order valence-electron chi connectivity index (χ2n) is 7.56. The minimum atomic E-state index is -0.921. The SMILES string of the molecule is Cc1cc2c(nc1N1CCC(Oc3ccc(F)c(F)c3)CC1)[C@H](CO)N(C)C2=O. The highest BCUT2D eigenvalue weighted by Crippen LogP contribution is 2.34. The highest BCUT2D eigenvalue weighted by Gasteiger charge is 2.36. The highest BCUT2D eigenvalue weighted by atomic mass is 19.2. The van der Waals surface area contributed by atoms with Gasteiger partial charge in [-0.2, -0.15) is 0 Å². The number of anilines is 1. The lowest BCUT2D eigenvalue weighted by atomic mass is 10.1. The number of carbonyl (C=O) groups is 1. The number of pyridine rings is 1. The molecular weight excluding hydrogens is 380 g/mol. The molecule has 1 aromatic carbocycles. The topological polar surface area (TPSA) is 65.9 Å². The van der Waals surface area contributed by atoms with Crippen LogP contribution in [-0.2, 0) is 0 Å². The smallest absolute Gasteiger partial charge is 0.256 e. The molecule has 1 aromatic heterocycles. The number of aliphatic hydroxyl groups is 1. The number of hydrogen-bond donors (Lipinski definition) is 1. The fourth-order valence-corrected chi connectivity index (χ4v) is 4.01. The second kappa shape index (κ2) is 7.59. The molecule has 8 heteroatoms. The summed E-state index contributed by atoms with van der Waals surface area (Å²) < 4.78 is 32.2. The summed E-state index contributed by atoms with van der Waals surface area (Å²) in [6.07, 6.45) is 1.32. The van der Waals surface area contributed by atoms with Crippen LogP contribution in [0.5, 0.6) is 5.75 Å². The van der Waals surface area contributed by atoms with Crippen LogP contribution in [0.25, 0.3) is 0 Å². The lowest BCUT2D eigenvalue weighted by Gasteiger charge is -2.34. The van der Waals surface area contributed by atoms with E-state index in [9.17, 15) is 18.7 Å². The normalized spacial score (nSPS) is 19.6. The maximum Gasteiger partial charge on any atom is 0.256 e. The van der Waals surface area contributed by atoms with Crippen LogP contribution in [0.4, 0.5) is 14.6 Å². The van der Waals surface area contributed by atoms with Gasteiger partial charge in [0.2, 0.25) is 0 Å². The number of likely N-dealkylation sites (N-methyl/N-ethyl adjacent to an activating group) is 1. The summed E-state index contributed by atoms with van der Waals surface area (Å²) in [6.45, 7) is 3.13. The van der Waals surface area contributed by atoms with E-state index in [1.54, 1.807) is 7.05 Å². The Balaban J connectivity index is 1.47. The monoisotopic (exact) mass is 403 g/mol. The maximum absolute atomic E-state index is 13.4. The molecule has 2 aromatic rings. The molecule has 1 N–H and O–H groups in total. The highest BCUT2D eigenvalue weighted by molar-refractivity contribution is 5.99. The molecule has 6 nitrogen and oxygen atoms in total. The van der Waals surface area contributed by atoms with Crippen molar-refractivity contribution >= 4 is 11.7 Å². The number of aromatic nitrogens is 1. The van der Waals surface area contributed by atoms with Gasteiger partial charge in [-0.1, -0.05) is 0 Å². The van der Waals surface area contributed by atoms with E-state index >= 15 is 0 Å². The van der Waals surface area contributed by atoms with Gasteiger partial charge in [0.1, 0.15) is 17.7 Å². The van der Waals surface area contributed by atoms with Gasteiger partial charge in [-0.3, -0.25) is 4.79 Å². The van der Waals surface area contributed by atoms with E-state index in [0.717, 1.165) is 23.5 Å². The van der Waals surface area contributed by atoms with Gasteiger partial charge in [-0.05, 0) is 30.7 Å². The predicted molar refractivity (Wildman–Crippen MR) is 103 cm³/mol. The summed E-state index contributed by atoms with van der Waals surface area (Å²) in [5.41, 5.74) is 2.06. The number of fused-ring (bicyclic) bond motifs is 1. The van der Waals surface area contributed by atoms with Gasteiger partial charge >= 0.3 is 0 Å². The first-order chi connectivity index (χ1) is 13.9. The van der Waals surface area contributed by atoms with Crippen LogP contribution in [0.2, 0.25) is 0 Å². The van der Waals surface area contributed by atoms with Crippen LogP contribution in [0.15, 0.2) is 24.3 Å². The first kappa shape index (κ1) is 19.6. The Morgan fingerprint density at radius 1 is 1.21 bits per heavy atom. The maximum atomic E-state index is 13.4. The molecule has 2 aliphatic heterocycles. The predicted octanol–water partition coefficient (Wildman–Crippen LogP) is 2.84. The van der Waals surface area contributed by atoms with Crippen molar-refractivity contribution in [1.82, 2.24) is 9.88 Å². The van der Waals surface area contributed by atoms with E-state index in [1.165, 1.54) is 11.0 Å². The van der Waals surface area contributed by atoms with Crippen molar-refractivity contribution in [2.24, 2.45) is 0 Å². The Morgan fingerprint density at radius 2 is 1.93 bits per heavy atom. The molecule has 29 heavy (non-hydrogen) atoms. The Morgan fingerprint density at radius 3 is 2.59 bits per heavy atom. The number of nitrogens with zero attached hydrogens (tertiary/aromatic N) is 3. The molecule has 0 unspecified atom stereocenters.